The Hall–Kier alpha value is -1.88. The fraction of sp³-hybridized carbons (Fsp3) is 0.200. The lowest BCUT2D eigenvalue weighted by atomic mass is 9.91. The van der Waals surface area contributed by atoms with E-state index in [4.69, 9.17) is 11.1 Å². The lowest BCUT2D eigenvalue weighted by molar-refractivity contribution is 1.18. The lowest BCUT2D eigenvalue weighted by Gasteiger charge is -2.38. The minimum atomic E-state index is -1.72. The third-order valence-corrected chi connectivity index (χ3v) is 26.2. The Bertz CT molecular complexity index is 1030. The molecule has 3 aromatic carbocycles. The van der Waals surface area contributed by atoms with Crippen molar-refractivity contribution in [2.75, 3.05) is 0 Å². The second kappa shape index (κ2) is 7.18. The van der Waals surface area contributed by atoms with Gasteiger partial charge in [0.1, 0.15) is 6.90 Å². The Morgan fingerprint density at radius 1 is 0.679 bits per heavy atom. The Morgan fingerprint density at radius 3 is 1.96 bits per heavy atom. The van der Waals surface area contributed by atoms with Crippen molar-refractivity contribution in [3.8, 4) is 22.3 Å². The summed E-state index contributed by atoms with van der Waals surface area (Å²) in [5, 5.41) is 0. The number of hydrogen-bond acceptors (Lipinski definition) is 0. The normalized spacial score (nSPS) is 16.2. The molecule has 0 heterocycles. The summed E-state index contributed by atoms with van der Waals surface area (Å²) in [6.45, 7) is 7.87. The van der Waals surface area contributed by atoms with Crippen molar-refractivity contribution in [2.45, 2.75) is 31.7 Å². The van der Waals surface area contributed by atoms with Gasteiger partial charge in [-0.2, -0.15) is 11.1 Å². The van der Waals surface area contributed by atoms with Gasteiger partial charge in [0.05, 0.1) is 7.59 Å². The Kier molecular flexibility index (Phi) is 4.99. The van der Waals surface area contributed by atoms with E-state index in [1.165, 1.54) is 33.4 Å². The number of hydrogen-bond donors (Lipinski definition) is 0. The number of benzene rings is 3. The highest BCUT2D eigenvalue weighted by Crippen LogP contribution is 2.46. The van der Waals surface area contributed by atoms with Crippen molar-refractivity contribution in [3.63, 3.8) is 0 Å². The minimum Gasteiger partial charge on any atom is -0.171 e. The summed E-state index contributed by atoms with van der Waals surface area (Å²) < 4.78 is 0. The Balaban J connectivity index is 1.86. The zero-order valence-corrected chi connectivity index (χ0v) is 19.8. The van der Waals surface area contributed by atoms with Gasteiger partial charge >= 0.3 is 0 Å². The van der Waals surface area contributed by atoms with Gasteiger partial charge in [0, 0.05) is 0 Å². The smallest absolute Gasteiger partial charge is 0.141 e. The number of halogens is 1. The molecule has 0 fully saturated rings. The van der Waals surface area contributed by atoms with Crippen LogP contribution in [0.5, 0.6) is 0 Å². The molecule has 0 aliphatic heterocycles. The maximum atomic E-state index is 7.00. The summed E-state index contributed by atoms with van der Waals surface area (Å²) in [7, 11) is -1.61. The first-order valence-corrected chi connectivity index (χ1v) is 18.0. The fourth-order valence-electron chi connectivity index (χ4n) is 4.16. The van der Waals surface area contributed by atoms with Gasteiger partial charge in [0.2, 0.25) is 0 Å². The van der Waals surface area contributed by atoms with E-state index in [9.17, 15) is 0 Å². The molecule has 0 saturated carbocycles. The summed E-state index contributed by atoms with van der Waals surface area (Å²) in [4.78, 5) is 0. The van der Waals surface area contributed by atoms with Crippen LogP contribution in [0.15, 0.2) is 78.9 Å². The molecule has 4 rings (SSSR count). The van der Waals surface area contributed by atoms with Crippen LogP contribution in [0.1, 0.15) is 16.7 Å². The molecular formula is C25H27ClSi2. The van der Waals surface area contributed by atoms with E-state index in [-0.39, 0.29) is 0 Å². The molecule has 0 amide bonds. The summed E-state index contributed by atoms with van der Waals surface area (Å²) >= 11 is 7.00. The van der Waals surface area contributed by atoms with Crippen LogP contribution in [0, 0.1) is 0 Å². The molecule has 3 heteroatoms. The van der Waals surface area contributed by atoms with E-state index in [0.717, 1.165) is 0 Å². The topological polar surface area (TPSA) is 0 Å². The van der Waals surface area contributed by atoms with Gasteiger partial charge in [0.25, 0.3) is 0 Å². The van der Waals surface area contributed by atoms with E-state index >= 15 is 0 Å². The summed E-state index contributed by atoms with van der Waals surface area (Å²) in [5.41, 5.74) is 8.54. The monoisotopic (exact) mass is 418 g/mol. The van der Waals surface area contributed by atoms with Gasteiger partial charge in [-0.25, -0.2) is 0 Å². The second-order valence-electron chi connectivity index (χ2n) is 8.75. The van der Waals surface area contributed by atoms with Crippen LogP contribution in [-0.4, -0.2) is 14.5 Å². The average molecular weight is 419 g/mol. The quantitative estimate of drug-likeness (QED) is 0.298. The standard InChI is InChI=1S/C25H27ClSi2/c1-27(2,28(3,4)26)25-18-17-23-22(15-10-16-24(23)25)21-14-9-8-13-20(21)19-11-6-5-7-12-19/h5-18,25H,1-4H3. The molecule has 0 saturated heterocycles. The van der Waals surface area contributed by atoms with Crippen LogP contribution in [0.25, 0.3) is 28.3 Å². The SMILES string of the molecule is C[Si](C)(Cl)[Si](C)(C)C1C=Cc2c(-c3ccccc3-c3ccccc3)cccc21. The molecule has 0 radical (unpaired) electrons. The molecule has 3 aromatic rings. The third-order valence-electron chi connectivity index (χ3n) is 6.54. The maximum Gasteiger partial charge on any atom is 0.141 e. The van der Waals surface area contributed by atoms with E-state index in [0.29, 0.717) is 5.54 Å². The van der Waals surface area contributed by atoms with Crippen LogP contribution in [-0.2, 0) is 0 Å². The summed E-state index contributed by atoms with van der Waals surface area (Å²) in [6, 6.07) is 26.2. The highest BCUT2D eigenvalue weighted by atomic mass is 35.6. The van der Waals surface area contributed by atoms with E-state index in [1.807, 2.05) is 0 Å². The van der Waals surface area contributed by atoms with Crippen molar-refractivity contribution in [1.29, 1.82) is 0 Å². The highest BCUT2D eigenvalue weighted by molar-refractivity contribution is 7.58. The first-order chi connectivity index (χ1) is 13.3. The predicted octanol–water partition coefficient (Wildman–Crippen LogP) is 7.90. The van der Waals surface area contributed by atoms with Gasteiger partial charge < -0.3 is 0 Å². The third kappa shape index (κ3) is 3.24. The number of fused-ring (bicyclic) bond motifs is 1. The van der Waals surface area contributed by atoms with Gasteiger partial charge in [-0.15, -0.1) is 0 Å². The lowest BCUT2D eigenvalue weighted by Crippen LogP contribution is -2.54. The van der Waals surface area contributed by atoms with Crippen LogP contribution in [0.3, 0.4) is 0 Å². The largest absolute Gasteiger partial charge is 0.171 e. The highest BCUT2D eigenvalue weighted by Gasteiger charge is 2.47. The predicted molar refractivity (Wildman–Crippen MR) is 130 cm³/mol. The fourth-order valence-corrected chi connectivity index (χ4v) is 10.5. The molecule has 0 spiro atoms. The minimum absolute atomic E-state index is 0.505. The van der Waals surface area contributed by atoms with Gasteiger partial charge in [-0.05, 0) is 38.9 Å². The molecule has 1 aliphatic carbocycles. The zero-order valence-electron chi connectivity index (χ0n) is 17.0. The van der Waals surface area contributed by atoms with E-state index < -0.39 is 14.5 Å². The second-order valence-corrected chi connectivity index (χ2v) is 27.2. The summed E-state index contributed by atoms with van der Waals surface area (Å²) in [6.07, 6.45) is 4.78. The van der Waals surface area contributed by atoms with E-state index in [1.54, 1.807) is 0 Å². The van der Waals surface area contributed by atoms with Crippen LogP contribution in [0.2, 0.25) is 26.2 Å². The first-order valence-electron chi connectivity index (χ1n) is 9.95. The van der Waals surface area contributed by atoms with Crippen molar-refractivity contribution in [1.82, 2.24) is 0 Å². The van der Waals surface area contributed by atoms with E-state index in [2.05, 4.69) is 111 Å². The van der Waals surface area contributed by atoms with Crippen molar-refractivity contribution in [2.24, 2.45) is 0 Å². The molecule has 0 N–H and O–H groups in total. The molecule has 142 valence electrons. The van der Waals surface area contributed by atoms with Gasteiger partial charge in [0.15, 0.2) is 0 Å². The molecule has 1 atom stereocenters. The average Bonchev–Trinajstić information content (AvgIpc) is 3.13. The number of allylic oxidation sites excluding steroid dienone is 1. The molecule has 0 aromatic heterocycles. The van der Waals surface area contributed by atoms with Crippen LogP contribution >= 0.6 is 11.1 Å². The van der Waals surface area contributed by atoms with Gasteiger partial charge in [-0.1, -0.05) is 111 Å². The van der Waals surface area contributed by atoms with Crippen LogP contribution in [0.4, 0.5) is 0 Å². The van der Waals surface area contributed by atoms with Crippen molar-refractivity contribution < 1.29 is 0 Å². The van der Waals surface area contributed by atoms with Crippen LogP contribution < -0.4 is 0 Å². The van der Waals surface area contributed by atoms with Crippen molar-refractivity contribution >= 4 is 31.6 Å². The number of rotatable bonds is 4. The zero-order chi connectivity index (χ0) is 19.9. The molecule has 28 heavy (non-hydrogen) atoms. The van der Waals surface area contributed by atoms with Gasteiger partial charge in [-0.3, -0.25) is 0 Å². The first kappa shape index (κ1) is 19.4. The maximum absolute atomic E-state index is 7.00. The molecule has 1 unspecified atom stereocenters. The Morgan fingerprint density at radius 2 is 1.29 bits per heavy atom. The molecule has 1 aliphatic rings. The molecule has 0 nitrogen and oxygen atoms in total. The Labute approximate surface area is 175 Å². The van der Waals surface area contributed by atoms with Crippen molar-refractivity contribution in [3.05, 3.63) is 90.0 Å². The summed E-state index contributed by atoms with van der Waals surface area (Å²) in [5.74, 6) is 0. The molecular weight excluding hydrogens is 392 g/mol. The molecule has 0 bridgehead atoms.